The topological polar surface area (TPSA) is 65.8 Å². The molecule has 0 spiro atoms. The van der Waals surface area contributed by atoms with Gasteiger partial charge in [0.1, 0.15) is 5.76 Å². The highest BCUT2D eigenvalue weighted by molar-refractivity contribution is 5.88. The quantitative estimate of drug-likeness (QED) is 0.767. The Balaban J connectivity index is 1.43. The number of piperazine rings is 1. The van der Waals surface area contributed by atoms with Gasteiger partial charge >= 0.3 is 0 Å². The van der Waals surface area contributed by atoms with Crippen LogP contribution in [0.4, 0.5) is 0 Å². The van der Waals surface area contributed by atoms with Crippen LogP contribution >= 0.6 is 0 Å². The van der Waals surface area contributed by atoms with Gasteiger partial charge in [-0.2, -0.15) is 0 Å². The van der Waals surface area contributed by atoms with Crippen molar-refractivity contribution in [3.63, 3.8) is 0 Å². The van der Waals surface area contributed by atoms with E-state index >= 15 is 0 Å². The minimum atomic E-state index is -0.472. The SMILES string of the molecule is CC(=O)C(Cc1ccccc1)NC(=O)CN1CCN(Cc2ccco2)CC1. The lowest BCUT2D eigenvalue weighted by molar-refractivity contribution is -0.127. The Morgan fingerprint density at radius 1 is 1.04 bits per heavy atom. The van der Waals surface area contributed by atoms with Gasteiger partial charge in [0, 0.05) is 26.2 Å². The molecule has 2 aromatic rings. The monoisotopic (exact) mass is 369 g/mol. The second-order valence-electron chi connectivity index (χ2n) is 7.05. The van der Waals surface area contributed by atoms with Gasteiger partial charge in [-0.25, -0.2) is 0 Å². The molecule has 0 bridgehead atoms. The molecule has 1 fully saturated rings. The summed E-state index contributed by atoms with van der Waals surface area (Å²) in [6.07, 6.45) is 2.22. The number of nitrogens with one attached hydrogen (secondary N) is 1. The van der Waals surface area contributed by atoms with Gasteiger partial charge in [-0.1, -0.05) is 30.3 Å². The van der Waals surface area contributed by atoms with Crippen LogP contribution in [0.25, 0.3) is 0 Å². The number of nitrogens with zero attached hydrogens (tertiary/aromatic N) is 2. The zero-order valence-electron chi connectivity index (χ0n) is 15.8. The van der Waals surface area contributed by atoms with Crippen LogP contribution in [-0.4, -0.2) is 60.3 Å². The third-order valence-corrected chi connectivity index (χ3v) is 4.90. The van der Waals surface area contributed by atoms with Crippen LogP contribution in [0.2, 0.25) is 0 Å². The molecule has 27 heavy (non-hydrogen) atoms. The van der Waals surface area contributed by atoms with Gasteiger partial charge in [0.25, 0.3) is 0 Å². The molecule has 3 rings (SSSR count). The van der Waals surface area contributed by atoms with E-state index in [-0.39, 0.29) is 11.7 Å². The van der Waals surface area contributed by atoms with Crippen LogP contribution in [0.5, 0.6) is 0 Å². The van der Waals surface area contributed by atoms with E-state index in [1.807, 2.05) is 42.5 Å². The number of hydrogen-bond donors (Lipinski definition) is 1. The second-order valence-corrected chi connectivity index (χ2v) is 7.05. The number of benzene rings is 1. The van der Waals surface area contributed by atoms with Gasteiger partial charge in [-0.05, 0) is 31.0 Å². The second kappa shape index (κ2) is 9.48. The molecule has 1 unspecified atom stereocenters. The molecule has 1 saturated heterocycles. The summed E-state index contributed by atoms with van der Waals surface area (Å²) in [6.45, 7) is 6.11. The van der Waals surface area contributed by atoms with Gasteiger partial charge in [0.15, 0.2) is 5.78 Å². The smallest absolute Gasteiger partial charge is 0.234 e. The van der Waals surface area contributed by atoms with E-state index in [0.717, 1.165) is 44.0 Å². The molecule has 1 amide bonds. The molecule has 2 heterocycles. The first kappa shape index (κ1) is 19.3. The maximum atomic E-state index is 12.4. The highest BCUT2D eigenvalue weighted by Crippen LogP contribution is 2.09. The predicted molar refractivity (Wildman–Crippen MR) is 103 cm³/mol. The highest BCUT2D eigenvalue weighted by Gasteiger charge is 2.22. The Morgan fingerprint density at radius 3 is 2.37 bits per heavy atom. The molecule has 6 heteroatoms. The fraction of sp³-hybridized carbons (Fsp3) is 0.429. The minimum Gasteiger partial charge on any atom is -0.468 e. The summed E-state index contributed by atoms with van der Waals surface area (Å²) in [6, 6.07) is 13.2. The van der Waals surface area contributed by atoms with Gasteiger partial charge in [0.2, 0.25) is 5.91 Å². The van der Waals surface area contributed by atoms with Crippen molar-refractivity contribution in [1.82, 2.24) is 15.1 Å². The van der Waals surface area contributed by atoms with Crippen molar-refractivity contribution >= 4 is 11.7 Å². The summed E-state index contributed by atoms with van der Waals surface area (Å²) in [5.41, 5.74) is 1.05. The van der Waals surface area contributed by atoms with Crippen LogP contribution < -0.4 is 5.32 Å². The Kier molecular flexibility index (Phi) is 6.79. The van der Waals surface area contributed by atoms with Crippen LogP contribution in [0, 0.1) is 0 Å². The standard InChI is InChI=1S/C21H27N3O3/c1-17(25)20(14-18-6-3-2-4-7-18)22-21(26)16-24-11-9-23(10-12-24)15-19-8-5-13-27-19/h2-8,13,20H,9-12,14-16H2,1H3,(H,22,26). The van der Waals surface area contributed by atoms with Gasteiger partial charge in [-0.15, -0.1) is 0 Å². The first-order valence-electron chi connectivity index (χ1n) is 9.41. The van der Waals surface area contributed by atoms with Crippen molar-refractivity contribution in [2.45, 2.75) is 25.9 Å². The van der Waals surface area contributed by atoms with Crippen molar-refractivity contribution in [3.05, 3.63) is 60.1 Å². The number of hydrogen-bond acceptors (Lipinski definition) is 5. The Hall–Kier alpha value is -2.44. The maximum absolute atomic E-state index is 12.4. The largest absolute Gasteiger partial charge is 0.468 e. The molecule has 1 aromatic carbocycles. The summed E-state index contributed by atoms with van der Waals surface area (Å²) in [5.74, 6) is 0.854. The Labute approximate surface area is 160 Å². The van der Waals surface area contributed by atoms with Crippen LogP contribution in [-0.2, 0) is 22.6 Å². The van der Waals surface area contributed by atoms with Crippen molar-refractivity contribution < 1.29 is 14.0 Å². The number of rotatable bonds is 8. The summed E-state index contributed by atoms with van der Waals surface area (Å²) in [4.78, 5) is 28.8. The Bertz CT molecular complexity index is 722. The zero-order valence-corrected chi connectivity index (χ0v) is 15.8. The molecule has 1 aliphatic rings. The van der Waals surface area contributed by atoms with Crippen molar-refractivity contribution in [1.29, 1.82) is 0 Å². The number of amides is 1. The van der Waals surface area contributed by atoms with Gasteiger partial charge in [-0.3, -0.25) is 19.4 Å². The molecular formula is C21H27N3O3. The first-order valence-corrected chi connectivity index (χ1v) is 9.41. The molecule has 1 atom stereocenters. The normalized spacial score (nSPS) is 16.8. The minimum absolute atomic E-state index is 0.0181. The molecule has 0 saturated carbocycles. The first-order chi connectivity index (χ1) is 13.1. The van der Waals surface area contributed by atoms with E-state index in [0.29, 0.717) is 13.0 Å². The fourth-order valence-corrected chi connectivity index (χ4v) is 3.32. The average Bonchev–Trinajstić information content (AvgIpc) is 3.16. The highest BCUT2D eigenvalue weighted by atomic mass is 16.3. The predicted octanol–water partition coefficient (Wildman–Crippen LogP) is 1.71. The zero-order chi connectivity index (χ0) is 19.1. The van der Waals surface area contributed by atoms with Crippen molar-refractivity contribution in [3.8, 4) is 0 Å². The number of carbonyl (C=O) groups excluding carboxylic acids is 2. The van der Waals surface area contributed by atoms with Gasteiger partial charge in [0.05, 0.1) is 25.4 Å². The van der Waals surface area contributed by atoms with E-state index in [2.05, 4.69) is 15.1 Å². The molecule has 0 aliphatic carbocycles. The number of Topliss-reactive ketones (excluding diaryl/α,β-unsaturated/α-hetero) is 1. The van der Waals surface area contributed by atoms with E-state index in [1.54, 1.807) is 6.26 Å². The summed E-state index contributed by atoms with van der Waals surface area (Å²) >= 11 is 0. The van der Waals surface area contributed by atoms with Crippen LogP contribution in [0.15, 0.2) is 53.1 Å². The van der Waals surface area contributed by atoms with E-state index in [9.17, 15) is 9.59 Å². The van der Waals surface area contributed by atoms with Crippen molar-refractivity contribution in [2.75, 3.05) is 32.7 Å². The lowest BCUT2D eigenvalue weighted by Crippen LogP contribution is -2.51. The third-order valence-electron chi connectivity index (χ3n) is 4.90. The lowest BCUT2D eigenvalue weighted by Gasteiger charge is -2.34. The number of ketones is 1. The number of furan rings is 1. The van der Waals surface area contributed by atoms with Crippen molar-refractivity contribution in [2.24, 2.45) is 0 Å². The Morgan fingerprint density at radius 2 is 1.74 bits per heavy atom. The van der Waals surface area contributed by atoms with E-state index in [4.69, 9.17) is 4.42 Å². The average molecular weight is 369 g/mol. The van der Waals surface area contributed by atoms with E-state index in [1.165, 1.54) is 6.92 Å². The fourth-order valence-electron chi connectivity index (χ4n) is 3.32. The third kappa shape index (κ3) is 6.05. The van der Waals surface area contributed by atoms with E-state index < -0.39 is 6.04 Å². The molecule has 1 aliphatic heterocycles. The maximum Gasteiger partial charge on any atom is 0.234 e. The molecule has 0 radical (unpaired) electrons. The summed E-state index contributed by atoms with van der Waals surface area (Å²) in [5, 5.41) is 2.90. The molecule has 144 valence electrons. The van der Waals surface area contributed by atoms with Crippen LogP contribution in [0.3, 0.4) is 0 Å². The van der Waals surface area contributed by atoms with Gasteiger partial charge < -0.3 is 9.73 Å². The summed E-state index contributed by atoms with van der Waals surface area (Å²) < 4.78 is 5.39. The number of carbonyl (C=O) groups is 2. The molecule has 1 aromatic heterocycles. The lowest BCUT2D eigenvalue weighted by atomic mass is 10.0. The van der Waals surface area contributed by atoms with Crippen LogP contribution in [0.1, 0.15) is 18.2 Å². The summed E-state index contributed by atoms with van der Waals surface area (Å²) in [7, 11) is 0. The molecular weight excluding hydrogens is 342 g/mol. The molecule has 1 N–H and O–H groups in total. The molecule has 6 nitrogen and oxygen atoms in total.